The number of aromatic amines is 1. The molecule has 1 aromatic carbocycles. The Kier molecular flexibility index (Phi) is 3.83. The quantitative estimate of drug-likeness (QED) is 0.692. The van der Waals surface area contributed by atoms with Crippen molar-refractivity contribution in [1.29, 1.82) is 0 Å². The van der Waals surface area contributed by atoms with Crippen molar-refractivity contribution in [2.24, 2.45) is 0 Å². The van der Waals surface area contributed by atoms with Gasteiger partial charge in [-0.25, -0.2) is 4.63 Å². The number of rotatable bonds is 5. The number of aromatic nitrogens is 3. The number of nitrogens with zero attached hydrogens (tertiary/aromatic N) is 2. The molecule has 3 rings (SSSR count). The molecule has 0 spiro atoms. The lowest BCUT2D eigenvalue weighted by Gasteiger charge is -2.17. The number of alkyl halides is 4. The number of pyridine rings is 1. The van der Waals surface area contributed by atoms with Crippen LogP contribution in [0.4, 0.5) is 28.9 Å². The lowest BCUT2D eigenvalue weighted by molar-refractivity contribution is -0.253. The van der Waals surface area contributed by atoms with Crippen molar-refractivity contribution in [3.05, 3.63) is 40.7 Å². The fourth-order valence-corrected chi connectivity index (χ4v) is 1.81. The second kappa shape index (κ2) is 5.83. The van der Waals surface area contributed by atoms with E-state index in [1.807, 2.05) is 0 Å². The highest BCUT2D eigenvalue weighted by Gasteiger charge is 2.43. The SMILES string of the molecule is O=c1[nH]c2nonc2cc1Nc1ccc(OC(F)(F)C(F)F)cc1. The van der Waals surface area contributed by atoms with Crippen LogP contribution in [0.5, 0.6) is 5.75 Å². The van der Waals surface area contributed by atoms with Gasteiger partial charge in [-0.2, -0.15) is 17.6 Å². The summed E-state index contributed by atoms with van der Waals surface area (Å²) < 4.78 is 58.1. The highest BCUT2D eigenvalue weighted by Crippen LogP contribution is 2.28. The number of hydrogen-bond donors (Lipinski definition) is 2. The molecule has 0 atom stereocenters. The lowest BCUT2D eigenvalue weighted by Crippen LogP contribution is -2.33. The van der Waals surface area contributed by atoms with Gasteiger partial charge >= 0.3 is 12.5 Å². The van der Waals surface area contributed by atoms with Gasteiger partial charge in [0, 0.05) is 11.8 Å². The number of fused-ring (bicyclic) bond motifs is 1. The normalized spacial score (nSPS) is 11.9. The molecule has 0 aliphatic heterocycles. The average Bonchev–Trinajstić information content (AvgIpc) is 2.96. The van der Waals surface area contributed by atoms with Crippen molar-refractivity contribution < 1.29 is 26.9 Å². The summed E-state index contributed by atoms with van der Waals surface area (Å²) in [6, 6.07) is 6.05. The van der Waals surface area contributed by atoms with Crippen LogP contribution < -0.4 is 15.6 Å². The van der Waals surface area contributed by atoms with Crippen molar-refractivity contribution in [3.63, 3.8) is 0 Å². The Morgan fingerprint density at radius 1 is 1.21 bits per heavy atom. The highest BCUT2D eigenvalue weighted by atomic mass is 19.3. The van der Waals surface area contributed by atoms with Crippen LogP contribution >= 0.6 is 0 Å². The summed E-state index contributed by atoms with van der Waals surface area (Å²) in [6.07, 6.45) is -8.53. The summed E-state index contributed by atoms with van der Waals surface area (Å²) in [4.78, 5) is 14.3. The first-order valence-corrected chi connectivity index (χ1v) is 6.43. The Balaban J connectivity index is 1.78. The molecule has 0 saturated carbocycles. The summed E-state index contributed by atoms with van der Waals surface area (Å²) in [7, 11) is 0. The highest BCUT2D eigenvalue weighted by molar-refractivity contribution is 5.74. The molecular weight excluding hydrogens is 336 g/mol. The molecule has 0 saturated heterocycles. The van der Waals surface area contributed by atoms with Gasteiger partial charge in [0.2, 0.25) is 5.65 Å². The van der Waals surface area contributed by atoms with Crippen LogP contribution in [0, 0.1) is 0 Å². The topological polar surface area (TPSA) is 93.0 Å². The summed E-state index contributed by atoms with van der Waals surface area (Å²) in [5, 5.41) is 9.75. The van der Waals surface area contributed by atoms with Gasteiger partial charge in [-0.05, 0) is 34.6 Å². The minimum Gasteiger partial charge on any atom is -0.428 e. The minimum atomic E-state index is -4.59. The average molecular weight is 344 g/mol. The monoisotopic (exact) mass is 344 g/mol. The molecule has 0 unspecified atom stereocenters. The molecule has 0 amide bonds. The number of anilines is 2. The molecule has 7 nitrogen and oxygen atoms in total. The molecule has 3 aromatic rings. The molecule has 2 N–H and O–H groups in total. The van der Waals surface area contributed by atoms with E-state index in [0.717, 1.165) is 12.1 Å². The smallest absolute Gasteiger partial charge is 0.428 e. The Morgan fingerprint density at radius 2 is 1.92 bits per heavy atom. The van der Waals surface area contributed by atoms with Crippen molar-refractivity contribution in [1.82, 2.24) is 15.3 Å². The summed E-state index contributed by atoms with van der Waals surface area (Å²) in [5.41, 5.74) is 0.397. The van der Waals surface area contributed by atoms with Gasteiger partial charge in [-0.1, -0.05) is 0 Å². The predicted molar refractivity (Wildman–Crippen MR) is 73.7 cm³/mol. The molecular formula is C13H8F4N4O3. The molecule has 0 aliphatic carbocycles. The van der Waals surface area contributed by atoms with Gasteiger partial charge in [0.15, 0.2) is 5.52 Å². The van der Waals surface area contributed by atoms with Crippen LogP contribution in [0.15, 0.2) is 39.8 Å². The van der Waals surface area contributed by atoms with E-state index in [2.05, 4.69) is 30.0 Å². The number of halogens is 4. The fraction of sp³-hybridized carbons (Fsp3) is 0.154. The van der Waals surface area contributed by atoms with E-state index in [4.69, 9.17) is 0 Å². The second-order valence-corrected chi connectivity index (χ2v) is 4.62. The van der Waals surface area contributed by atoms with E-state index >= 15 is 0 Å². The van der Waals surface area contributed by atoms with Gasteiger partial charge in [0.25, 0.3) is 5.56 Å². The van der Waals surface area contributed by atoms with E-state index in [1.165, 1.54) is 18.2 Å². The maximum absolute atomic E-state index is 12.8. The zero-order valence-electron chi connectivity index (χ0n) is 11.6. The van der Waals surface area contributed by atoms with Crippen LogP contribution in [-0.4, -0.2) is 27.8 Å². The zero-order valence-corrected chi connectivity index (χ0v) is 11.6. The third kappa shape index (κ3) is 3.14. The lowest BCUT2D eigenvalue weighted by atomic mass is 10.3. The zero-order chi connectivity index (χ0) is 17.3. The Bertz CT molecular complexity index is 907. The van der Waals surface area contributed by atoms with E-state index in [0.29, 0.717) is 11.2 Å². The number of nitrogens with one attached hydrogen (secondary N) is 2. The van der Waals surface area contributed by atoms with E-state index < -0.39 is 23.8 Å². The Labute approximate surface area is 130 Å². The van der Waals surface area contributed by atoms with Gasteiger partial charge in [-0.15, -0.1) is 0 Å². The van der Waals surface area contributed by atoms with Crippen LogP contribution in [0.2, 0.25) is 0 Å². The molecule has 0 fully saturated rings. The van der Waals surface area contributed by atoms with E-state index in [9.17, 15) is 22.4 Å². The van der Waals surface area contributed by atoms with Crippen LogP contribution in [0.25, 0.3) is 11.2 Å². The molecule has 2 aromatic heterocycles. The van der Waals surface area contributed by atoms with Crippen molar-refractivity contribution in [2.45, 2.75) is 12.5 Å². The van der Waals surface area contributed by atoms with Crippen molar-refractivity contribution >= 4 is 22.5 Å². The molecule has 0 radical (unpaired) electrons. The van der Waals surface area contributed by atoms with E-state index in [1.54, 1.807) is 0 Å². The van der Waals surface area contributed by atoms with Crippen LogP contribution in [-0.2, 0) is 0 Å². The summed E-state index contributed by atoms with van der Waals surface area (Å²) in [6.45, 7) is 0. The number of benzene rings is 1. The third-order valence-corrected chi connectivity index (χ3v) is 2.91. The van der Waals surface area contributed by atoms with Crippen molar-refractivity contribution in [3.8, 4) is 5.75 Å². The fourth-order valence-electron chi connectivity index (χ4n) is 1.81. The van der Waals surface area contributed by atoms with Crippen molar-refractivity contribution in [2.75, 3.05) is 5.32 Å². The maximum atomic E-state index is 12.8. The Morgan fingerprint density at radius 3 is 2.58 bits per heavy atom. The molecule has 2 heterocycles. The number of H-pyrrole nitrogens is 1. The summed E-state index contributed by atoms with van der Waals surface area (Å²) >= 11 is 0. The van der Waals surface area contributed by atoms with Gasteiger partial charge in [0.1, 0.15) is 11.4 Å². The second-order valence-electron chi connectivity index (χ2n) is 4.62. The van der Waals surface area contributed by atoms with E-state index in [-0.39, 0.29) is 11.3 Å². The first-order chi connectivity index (χ1) is 11.3. The van der Waals surface area contributed by atoms with Gasteiger partial charge < -0.3 is 15.0 Å². The molecule has 0 aliphatic rings. The maximum Gasteiger partial charge on any atom is 0.461 e. The molecule has 0 bridgehead atoms. The van der Waals surface area contributed by atoms with Crippen LogP contribution in [0.3, 0.4) is 0 Å². The number of hydrogen-bond acceptors (Lipinski definition) is 6. The first-order valence-electron chi connectivity index (χ1n) is 6.43. The summed E-state index contributed by atoms with van der Waals surface area (Å²) in [5.74, 6) is -0.448. The third-order valence-electron chi connectivity index (χ3n) is 2.91. The minimum absolute atomic E-state index is 0.102. The Hall–Kier alpha value is -3.11. The standard InChI is InChI=1S/C13H8F4N4O3/c14-12(15)13(16,17)23-7-3-1-6(2-4-7)18-9-5-8-10(19-11(9)22)21-24-20-8/h1-5,12,18H,(H,19,21,22). The van der Waals surface area contributed by atoms with Gasteiger partial charge in [0.05, 0.1) is 0 Å². The predicted octanol–water partition coefficient (Wildman–Crippen LogP) is 2.89. The largest absolute Gasteiger partial charge is 0.461 e. The first kappa shape index (κ1) is 15.8. The molecule has 11 heteroatoms. The molecule has 24 heavy (non-hydrogen) atoms. The number of ether oxygens (including phenoxy) is 1. The van der Waals surface area contributed by atoms with Crippen LogP contribution in [0.1, 0.15) is 0 Å². The molecule has 126 valence electrons. The van der Waals surface area contributed by atoms with Gasteiger partial charge in [-0.3, -0.25) is 4.79 Å².